The number of aromatic nitrogens is 2. The van der Waals surface area contributed by atoms with Crippen LogP contribution >= 0.6 is 11.3 Å². The van der Waals surface area contributed by atoms with Crippen molar-refractivity contribution in [1.82, 2.24) is 9.97 Å². The summed E-state index contributed by atoms with van der Waals surface area (Å²) in [4.78, 5) is 15.5. The summed E-state index contributed by atoms with van der Waals surface area (Å²) in [5.41, 5.74) is 4.53. The van der Waals surface area contributed by atoms with Crippen molar-refractivity contribution < 1.29 is 0 Å². The van der Waals surface area contributed by atoms with Crippen LogP contribution in [0.1, 0.15) is 59.0 Å². The van der Waals surface area contributed by atoms with Gasteiger partial charge in [-0.1, -0.05) is 24.3 Å². The number of nitrogens with zero attached hydrogens (tertiary/aromatic N) is 3. The van der Waals surface area contributed by atoms with Gasteiger partial charge >= 0.3 is 0 Å². The molecule has 1 aliphatic heterocycles. The maximum Gasteiger partial charge on any atom is 0.141 e. The van der Waals surface area contributed by atoms with Crippen molar-refractivity contribution in [2.75, 3.05) is 11.4 Å². The van der Waals surface area contributed by atoms with Crippen molar-refractivity contribution >= 4 is 27.4 Å². The van der Waals surface area contributed by atoms with Crippen LogP contribution in [0.3, 0.4) is 0 Å². The van der Waals surface area contributed by atoms with Gasteiger partial charge in [-0.2, -0.15) is 0 Å². The summed E-state index contributed by atoms with van der Waals surface area (Å²) in [7, 11) is 0. The highest BCUT2D eigenvalue weighted by Crippen LogP contribution is 2.44. The molecule has 3 aliphatic rings. The van der Waals surface area contributed by atoms with Crippen LogP contribution in [0.25, 0.3) is 10.2 Å². The predicted molar refractivity (Wildman–Crippen MR) is 107 cm³/mol. The fourth-order valence-corrected chi connectivity index (χ4v) is 5.85. The second-order valence-electron chi connectivity index (χ2n) is 8.01. The Kier molecular flexibility index (Phi) is 3.37. The Bertz CT molecular complexity index is 1000. The van der Waals surface area contributed by atoms with E-state index < -0.39 is 0 Å². The molecule has 6 rings (SSSR count). The summed E-state index contributed by atoms with van der Waals surface area (Å²) in [6, 6.07) is 8.90. The first kappa shape index (κ1) is 15.2. The SMILES string of the molecule is c1ccc2c(c1)CCN(c1nc(C3CC3)nc3sc4c(c13)CCCC4)C2. The zero-order valence-electron chi connectivity index (χ0n) is 15.0. The standard InChI is InChI=1S/C22H23N3S/c1-2-6-16-13-25(12-11-14(16)5-1)21-19-17-7-3-4-8-18(17)26-22(19)24-20(23-21)15-9-10-15/h1-2,5-6,15H,3-4,7-13H2. The molecule has 3 nitrogen and oxygen atoms in total. The van der Waals surface area contributed by atoms with Crippen LogP contribution in [0.4, 0.5) is 5.82 Å². The molecule has 0 saturated heterocycles. The fourth-order valence-electron chi connectivity index (χ4n) is 4.58. The van der Waals surface area contributed by atoms with E-state index in [4.69, 9.17) is 9.97 Å². The zero-order chi connectivity index (χ0) is 17.1. The summed E-state index contributed by atoms with van der Waals surface area (Å²) in [6.07, 6.45) is 8.72. The van der Waals surface area contributed by atoms with Crippen LogP contribution in [0, 0.1) is 0 Å². The number of rotatable bonds is 2. The lowest BCUT2D eigenvalue weighted by Crippen LogP contribution is -2.31. The minimum Gasteiger partial charge on any atom is -0.351 e. The molecule has 1 aromatic carbocycles. The average Bonchev–Trinajstić information content (AvgIpc) is 3.47. The predicted octanol–water partition coefficient (Wildman–Crippen LogP) is 5.01. The highest BCUT2D eigenvalue weighted by Gasteiger charge is 2.31. The quantitative estimate of drug-likeness (QED) is 0.642. The van der Waals surface area contributed by atoms with Crippen LogP contribution in [-0.2, 0) is 25.8 Å². The second kappa shape index (κ2) is 5.78. The Morgan fingerprint density at radius 2 is 1.81 bits per heavy atom. The lowest BCUT2D eigenvalue weighted by molar-refractivity contribution is 0.697. The summed E-state index contributed by atoms with van der Waals surface area (Å²) in [5.74, 6) is 2.94. The van der Waals surface area contributed by atoms with E-state index in [1.807, 2.05) is 11.3 Å². The first-order valence-electron chi connectivity index (χ1n) is 10.0. The maximum absolute atomic E-state index is 5.16. The van der Waals surface area contributed by atoms with Crippen molar-refractivity contribution in [3.05, 3.63) is 51.7 Å². The van der Waals surface area contributed by atoms with Crippen molar-refractivity contribution in [2.45, 2.75) is 57.4 Å². The molecule has 26 heavy (non-hydrogen) atoms. The van der Waals surface area contributed by atoms with Gasteiger partial charge in [0.05, 0.1) is 5.39 Å². The van der Waals surface area contributed by atoms with Crippen LogP contribution in [0.2, 0.25) is 0 Å². The molecule has 0 radical (unpaired) electrons. The van der Waals surface area contributed by atoms with Gasteiger partial charge in [-0.3, -0.25) is 0 Å². The van der Waals surface area contributed by atoms with Gasteiger partial charge in [-0.05, 0) is 61.6 Å². The molecule has 1 fully saturated rings. The minimum absolute atomic E-state index is 0.606. The molecule has 0 bridgehead atoms. The van der Waals surface area contributed by atoms with Gasteiger partial charge in [0, 0.05) is 23.9 Å². The molecule has 0 spiro atoms. The number of anilines is 1. The van der Waals surface area contributed by atoms with Gasteiger partial charge in [0.25, 0.3) is 0 Å². The molecule has 4 heteroatoms. The fraction of sp³-hybridized carbons (Fsp3) is 0.455. The normalized spacial score (nSPS) is 19.5. The van der Waals surface area contributed by atoms with E-state index in [0.717, 1.165) is 25.3 Å². The van der Waals surface area contributed by atoms with E-state index in [1.54, 1.807) is 10.4 Å². The van der Waals surface area contributed by atoms with Crippen LogP contribution in [0.15, 0.2) is 24.3 Å². The van der Waals surface area contributed by atoms with Gasteiger partial charge in [0.2, 0.25) is 0 Å². The number of hydrogen-bond donors (Lipinski definition) is 0. The maximum atomic E-state index is 5.16. The van der Waals surface area contributed by atoms with Crippen LogP contribution < -0.4 is 4.90 Å². The van der Waals surface area contributed by atoms with Gasteiger partial charge in [-0.15, -0.1) is 11.3 Å². The van der Waals surface area contributed by atoms with E-state index in [9.17, 15) is 0 Å². The molecule has 3 aromatic rings. The molecule has 0 unspecified atom stereocenters. The topological polar surface area (TPSA) is 29.0 Å². The van der Waals surface area contributed by atoms with Gasteiger partial charge in [-0.25, -0.2) is 9.97 Å². The number of benzene rings is 1. The average molecular weight is 362 g/mol. The van der Waals surface area contributed by atoms with E-state index in [0.29, 0.717) is 5.92 Å². The van der Waals surface area contributed by atoms with E-state index in [2.05, 4.69) is 29.2 Å². The Labute approximate surface area is 158 Å². The molecule has 2 aromatic heterocycles. The van der Waals surface area contributed by atoms with Gasteiger partial charge in [0.15, 0.2) is 0 Å². The van der Waals surface area contributed by atoms with Crippen LogP contribution in [-0.4, -0.2) is 16.5 Å². The van der Waals surface area contributed by atoms with Crippen molar-refractivity contribution in [3.63, 3.8) is 0 Å². The Balaban J connectivity index is 1.52. The van der Waals surface area contributed by atoms with Crippen molar-refractivity contribution in [3.8, 4) is 0 Å². The Hall–Kier alpha value is -1.94. The van der Waals surface area contributed by atoms with Crippen molar-refractivity contribution in [2.24, 2.45) is 0 Å². The minimum atomic E-state index is 0.606. The molecule has 132 valence electrons. The van der Waals surface area contributed by atoms with Gasteiger partial charge < -0.3 is 4.90 Å². The number of hydrogen-bond acceptors (Lipinski definition) is 4. The molecule has 0 N–H and O–H groups in total. The number of fused-ring (bicyclic) bond motifs is 4. The summed E-state index contributed by atoms with van der Waals surface area (Å²) >= 11 is 1.95. The lowest BCUT2D eigenvalue weighted by atomic mass is 9.96. The Morgan fingerprint density at radius 3 is 2.69 bits per heavy atom. The number of aryl methyl sites for hydroxylation is 2. The molecule has 2 aliphatic carbocycles. The van der Waals surface area contributed by atoms with E-state index in [-0.39, 0.29) is 0 Å². The molecule has 0 atom stereocenters. The molecular formula is C22H23N3S. The molecular weight excluding hydrogens is 338 g/mol. The summed E-state index contributed by atoms with van der Waals surface area (Å²) in [5, 5.41) is 1.38. The van der Waals surface area contributed by atoms with Crippen LogP contribution in [0.5, 0.6) is 0 Å². The second-order valence-corrected chi connectivity index (χ2v) is 9.09. The molecule has 0 amide bonds. The first-order valence-corrected chi connectivity index (χ1v) is 10.8. The highest BCUT2D eigenvalue weighted by molar-refractivity contribution is 7.19. The summed E-state index contributed by atoms with van der Waals surface area (Å²) < 4.78 is 0. The lowest BCUT2D eigenvalue weighted by Gasteiger charge is -2.31. The van der Waals surface area contributed by atoms with Crippen molar-refractivity contribution in [1.29, 1.82) is 0 Å². The third-order valence-electron chi connectivity index (χ3n) is 6.19. The van der Waals surface area contributed by atoms with E-state index in [1.165, 1.54) is 65.7 Å². The number of thiophene rings is 1. The first-order chi connectivity index (χ1) is 12.9. The zero-order valence-corrected chi connectivity index (χ0v) is 15.8. The third kappa shape index (κ3) is 2.38. The van der Waals surface area contributed by atoms with E-state index >= 15 is 0 Å². The molecule has 3 heterocycles. The van der Waals surface area contributed by atoms with Gasteiger partial charge in [0.1, 0.15) is 16.5 Å². The monoisotopic (exact) mass is 361 g/mol. The third-order valence-corrected chi connectivity index (χ3v) is 7.37. The molecule has 1 saturated carbocycles. The summed E-state index contributed by atoms with van der Waals surface area (Å²) in [6.45, 7) is 2.05. The smallest absolute Gasteiger partial charge is 0.141 e. The largest absolute Gasteiger partial charge is 0.351 e. The highest BCUT2D eigenvalue weighted by atomic mass is 32.1. The Morgan fingerprint density at radius 1 is 0.962 bits per heavy atom.